The number of nitrogens with zero attached hydrogens (tertiary/aromatic N) is 1. The molecule has 0 heterocycles. The first kappa shape index (κ1) is 11.9. The number of fused-ring (bicyclic) bond motifs is 1. The van der Waals surface area contributed by atoms with Gasteiger partial charge in [-0.15, -0.1) is 0 Å². The minimum absolute atomic E-state index is 0.349. The number of rotatable bonds is 1. The van der Waals surface area contributed by atoms with Gasteiger partial charge in [-0.3, -0.25) is 0 Å². The van der Waals surface area contributed by atoms with Crippen LogP contribution in [0, 0.1) is 0 Å². The van der Waals surface area contributed by atoms with E-state index in [9.17, 15) is 18.0 Å². The van der Waals surface area contributed by atoms with Crippen molar-refractivity contribution in [1.82, 2.24) is 0 Å². The number of isocyanates is 1. The second kappa shape index (κ2) is 3.70. The summed E-state index contributed by atoms with van der Waals surface area (Å²) in [6.07, 6.45) is -2.02. The number of hydrogen-bond donors (Lipinski definition) is 0. The summed E-state index contributed by atoms with van der Waals surface area (Å²) in [5, 5.41) is 0. The molecule has 5 heteroatoms. The molecular weight excluding hydrogens is 231 g/mol. The summed E-state index contributed by atoms with van der Waals surface area (Å²) in [6, 6.07) is 3.67. The van der Waals surface area contributed by atoms with Crippen LogP contribution in [-0.2, 0) is 23.8 Å². The zero-order valence-electron chi connectivity index (χ0n) is 9.14. The summed E-state index contributed by atoms with van der Waals surface area (Å²) in [7, 11) is 0. The van der Waals surface area contributed by atoms with Gasteiger partial charge in [-0.2, -0.15) is 18.2 Å². The molecule has 0 N–H and O–H groups in total. The lowest BCUT2D eigenvalue weighted by Gasteiger charge is -2.13. The Hall–Kier alpha value is -1.61. The van der Waals surface area contributed by atoms with Crippen molar-refractivity contribution in [2.75, 3.05) is 0 Å². The summed E-state index contributed by atoms with van der Waals surface area (Å²) in [4.78, 5) is 13.9. The normalized spacial score (nSPS) is 23.1. The van der Waals surface area contributed by atoms with Crippen LogP contribution in [0.1, 0.15) is 23.6 Å². The van der Waals surface area contributed by atoms with E-state index in [-0.39, 0.29) is 0 Å². The predicted octanol–water partition coefficient (Wildman–Crippen LogP) is 2.90. The van der Waals surface area contributed by atoms with Gasteiger partial charge in [0.2, 0.25) is 6.08 Å². The largest absolute Gasteiger partial charge is 0.416 e. The van der Waals surface area contributed by atoms with Gasteiger partial charge >= 0.3 is 6.18 Å². The van der Waals surface area contributed by atoms with Crippen molar-refractivity contribution in [3.05, 3.63) is 34.9 Å². The van der Waals surface area contributed by atoms with Gasteiger partial charge in [0, 0.05) is 0 Å². The summed E-state index contributed by atoms with van der Waals surface area (Å²) < 4.78 is 37.5. The molecule has 0 aliphatic heterocycles. The number of alkyl halides is 3. The molecule has 1 aliphatic rings. The van der Waals surface area contributed by atoms with E-state index in [4.69, 9.17) is 0 Å². The standard InChI is InChI=1S/C12H10F3NO/c1-11(16-7-17)5-8-2-3-10(12(13,14)15)4-9(8)6-11/h2-4H,5-6H2,1H3. The Morgan fingerprint density at radius 3 is 2.53 bits per heavy atom. The Kier molecular flexibility index (Phi) is 2.59. The number of carbonyl (C=O) groups excluding carboxylic acids is 1. The Morgan fingerprint density at radius 1 is 1.29 bits per heavy atom. The summed E-state index contributed by atoms with van der Waals surface area (Å²) >= 11 is 0. The van der Waals surface area contributed by atoms with Gasteiger partial charge < -0.3 is 0 Å². The average Bonchev–Trinajstić information content (AvgIpc) is 2.51. The van der Waals surface area contributed by atoms with Gasteiger partial charge in [0.15, 0.2) is 0 Å². The highest BCUT2D eigenvalue weighted by atomic mass is 19.4. The molecular formula is C12H10F3NO. The number of hydrogen-bond acceptors (Lipinski definition) is 2. The molecule has 0 spiro atoms. The Balaban J connectivity index is 2.37. The van der Waals surface area contributed by atoms with Crippen LogP contribution in [0.25, 0.3) is 0 Å². The van der Waals surface area contributed by atoms with Gasteiger partial charge in [0.05, 0.1) is 11.1 Å². The monoisotopic (exact) mass is 241 g/mol. The van der Waals surface area contributed by atoms with E-state index >= 15 is 0 Å². The van der Waals surface area contributed by atoms with E-state index in [1.54, 1.807) is 6.92 Å². The maximum Gasteiger partial charge on any atom is 0.416 e. The molecule has 0 aromatic heterocycles. The third-order valence-electron chi connectivity index (χ3n) is 2.99. The molecule has 0 amide bonds. The number of halogens is 3. The molecule has 1 aromatic carbocycles. The topological polar surface area (TPSA) is 29.4 Å². The second-order valence-corrected chi connectivity index (χ2v) is 4.53. The minimum Gasteiger partial charge on any atom is -0.211 e. The van der Waals surface area contributed by atoms with E-state index in [0.29, 0.717) is 18.4 Å². The van der Waals surface area contributed by atoms with Crippen LogP contribution in [0.15, 0.2) is 23.2 Å². The minimum atomic E-state index is -4.33. The average molecular weight is 241 g/mol. The molecule has 2 rings (SSSR count). The highest BCUT2D eigenvalue weighted by Crippen LogP contribution is 2.37. The van der Waals surface area contributed by atoms with E-state index < -0.39 is 17.3 Å². The smallest absolute Gasteiger partial charge is 0.211 e. The maximum absolute atomic E-state index is 12.5. The Labute approximate surface area is 96.2 Å². The fourth-order valence-electron chi connectivity index (χ4n) is 2.21. The molecule has 0 fully saturated rings. The zero-order valence-corrected chi connectivity index (χ0v) is 9.14. The van der Waals surface area contributed by atoms with Crippen molar-refractivity contribution in [2.24, 2.45) is 4.99 Å². The van der Waals surface area contributed by atoms with Gasteiger partial charge in [-0.25, -0.2) is 4.79 Å². The third-order valence-corrected chi connectivity index (χ3v) is 2.99. The van der Waals surface area contributed by atoms with E-state index in [0.717, 1.165) is 17.7 Å². The van der Waals surface area contributed by atoms with Crippen molar-refractivity contribution in [3.8, 4) is 0 Å². The summed E-state index contributed by atoms with van der Waals surface area (Å²) in [5.74, 6) is 0. The zero-order chi connectivity index (χ0) is 12.7. The molecule has 0 bridgehead atoms. The van der Waals surface area contributed by atoms with Crippen LogP contribution in [-0.4, -0.2) is 11.6 Å². The highest BCUT2D eigenvalue weighted by Gasteiger charge is 2.36. The molecule has 17 heavy (non-hydrogen) atoms. The lowest BCUT2D eigenvalue weighted by atomic mass is 10.0. The summed E-state index contributed by atoms with van der Waals surface area (Å²) in [6.45, 7) is 1.74. The van der Waals surface area contributed by atoms with Gasteiger partial charge in [0.25, 0.3) is 0 Å². The van der Waals surface area contributed by atoms with Crippen LogP contribution >= 0.6 is 0 Å². The molecule has 2 nitrogen and oxygen atoms in total. The second-order valence-electron chi connectivity index (χ2n) is 4.53. The van der Waals surface area contributed by atoms with Crippen LogP contribution in [0.3, 0.4) is 0 Å². The van der Waals surface area contributed by atoms with Crippen molar-refractivity contribution >= 4 is 6.08 Å². The molecule has 1 aliphatic carbocycles. The molecule has 0 radical (unpaired) electrons. The van der Waals surface area contributed by atoms with E-state index in [2.05, 4.69) is 4.99 Å². The molecule has 1 aromatic rings. The lowest BCUT2D eigenvalue weighted by molar-refractivity contribution is -0.137. The van der Waals surface area contributed by atoms with Gasteiger partial charge in [0.1, 0.15) is 0 Å². The van der Waals surface area contributed by atoms with E-state index in [1.807, 2.05) is 0 Å². The van der Waals surface area contributed by atoms with Gasteiger partial charge in [-0.05, 0) is 43.0 Å². The Bertz CT molecular complexity index is 503. The predicted molar refractivity (Wildman–Crippen MR) is 55.4 cm³/mol. The van der Waals surface area contributed by atoms with Crippen LogP contribution < -0.4 is 0 Å². The number of benzene rings is 1. The van der Waals surface area contributed by atoms with Crippen molar-refractivity contribution in [1.29, 1.82) is 0 Å². The van der Waals surface area contributed by atoms with Gasteiger partial charge in [-0.1, -0.05) is 6.07 Å². The van der Waals surface area contributed by atoms with Crippen LogP contribution in [0.5, 0.6) is 0 Å². The van der Waals surface area contributed by atoms with Crippen LogP contribution in [0.4, 0.5) is 13.2 Å². The first-order valence-electron chi connectivity index (χ1n) is 5.12. The molecule has 1 unspecified atom stereocenters. The SMILES string of the molecule is CC1(N=C=O)Cc2ccc(C(F)(F)F)cc2C1. The van der Waals surface area contributed by atoms with Crippen LogP contribution in [0.2, 0.25) is 0 Å². The molecule has 0 saturated carbocycles. The lowest BCUT2D eigenvalue weighted by Crippen LogP contribution is -2.21. The quantitative estimate of drug-likeness (QED) is 0.549. The fraction of sp³-hybridized carbons (Fsp3) is 0.417. The first-order chi connectivity index (χ1) is 7.84. The van der Waals surface area contributed by atoms with Crippen molar-refractivity contribution < 1.29 is 18.0 Å². The molecule has 90 valence electrons. The molecule has 1 atom stereocenters. The maximum atomic E-state index is 12.5. The van der Waals surface area contributed by atoms with Crippen molar-refractivity contribution in [3.63, 3.8) is 0 Å². The van der Waals surface area contributed by atoms with E-state index in [1.165, 1.54) is 12.1 Å². The number of aliphatic imine (C=N–C) groups is 1. The fourth-order valence-corrected chi connectivity index (χ4v) is 2.21. The molecule has 0 saturated heterocycles. The third kappa shape index (κ3) is 2.24. The van der Waals surface area contributed by atoms with Crippen molar-refractivity contribution in [2.45, 2.75) is 31.5 Å². The first-order valence-corrected chi connectivity index (χ1v) is 5.12. The highest BCUT2D eigenvalue weighted by molar-refractivity contribution is 5.43. The summed E-state index contributed by atoms with van der Waals surface area (Å²) in [5.41, 5.74) is 0.130. The Morgan fingerprint density at radius 2 is 1.94 bits per heavy atom.